The summed E-state index contributed by atoms with van der Waals surface area (Å²) in [5, 5.41) is 14.2. The smallest absolute Gasteiger partial charge is 0.256 e. The van der Waals surface area contributed by atoms with Crippen LogP contribution in [0.5, 0.6) is 11.5 Å². The number of amides is 1. The first-order valence-electron chi connectivity index (χ1n) is 16.3. The van der Waals surface area contributed by atoms with Crippen molar-refractivity contribution in [3.05, 3.63) is 144 Å². The van der Waals surface area contributed by atoms with E-state index in [2.05, 4.69) is 20.3 Å². The molecule has 2 N–H and O–H groups in total. The van der Waals surface area contributed by atoms with Crippen molar-refractivity contribution in [2.75, 3.05) is 26.1 Å². The first-order valence-corrected chi connectivity index (χ1v) is 16.3. The van der Waals surface area contributed by atoms with Crippen LogP contribution in [-0.2, 0) is 15.1 Å². The van der Waals surface area contributed by atoms with Crippen molar-refractivity contribution < 1.29 is 28.8 Å². The number of methoxy groups -OCH3 is 2. The van der Waals surface area contributed by atoms with E-state index in [1.54, 1.807) is 37.2 Å². The summed E-state index contributed by atoms with van der Waals surface area (Å²) in [5.74, 6) is 1.42. The monoisotopic (exact) mass is 671 g/mol. The SMILES string of the molecule is COc1ccc(C(OCC2OC(n3cnc4c(NC(=O)c5ccc(C)cc5)ncnc43)CC2O)(c2ccccc2)c2ccc(OC)cc2)cc1. The molecule has 4 aromatic carbocycles. The molecule has 6 aromatic rings. The Morgan fingerprint density at radius 3 is 2.10 bits per heavy atom. The number of rotatable bonds is 11. The Kier molecular flexibility index (Phi) is 9.27. The largest absolute Gasteiger partial charge is 0.497 e. The number of carbonyl (C=O) groups is 1. The molecule has 254 valence electrons. The van der Waals surface area contributed by atoms with Crippen LogP contribution in [-0.4, -0.2) is 63.6 Å². The normalized spacial score (nSPS) is 17.5. The van der Waals surface area contributed by atoms with Gasteiger partial charge >= 0.3 is 0 Å². The Bertz CT molecular complexity index is 2020. The number of aromatic nitrogens is 4. The van der Waals surface area contributed by atoms with Crippen molar-refractivity contribution in [2.45, 2.75) is 37.4 Å². The molecular weight excluding hydrogens is 634 g/mol. The van der Waals surface area contributed by atoms with Gasteiger partial charge in [-0.25, -0.2) is 15.0 Å². The summed E-state index contributed by atoms with van der Waals surface area (Å²) < 4.78 is 26.1. The van der Waals surface area contributed by atoms with Gasteiger partial charge in [0.1, 0.15) is 35.8 Å². The summed E-state index contributed by atoms with van der Waals surface area (Å²) in [4.78, 5) is 26.2. The maximum atomic E-state index is 13.0. The van der Waals surface area contributed by atoms with E-state index in [0.717, 1.165) is 33.8 Å². The third-order valence-electron chi connectivity index (χ3n) is 9.06. The van der Waals surface area contributed by atoms with Crippen LogP contribution in [0.15, 0.2) is 116 Å². The molecule has 0 radical (unpaired) electrons. The van der Waals surface area contributed by atoms with Gasteiger partial charge < -0.3 is 29.4 Å². The van der Waals surface area contributed by atoms with Gasteiger partial charge in [0.15, 0.2) is 17.0 Å². The lowest BCUT2D eigenvalue weighted by Gasteiger charge is -2.37. The van der Waals surface area contributed by atoms with Crippen molar-refractivity contribution in [1.29, 1.82) is 0 Å². The number of aryl methyl sites for hydroxylation is 1. The van der Waals surface area contributed by atoms with E-state index in [0.29, 0.717) is 16.7 Å². The molecule has 1 amide bonds. The number of hydrogen-bond acceptors (Lipinski definition) is 9. The second-order valence-electron chi connectivity index (χ2n) is 12.1. The highest BCUT2D eigenvalue weighted by atomic mass is 16.6. The van der Waals surface area contributed by atoms with Crippen LogP contribution >= 0.6 is 0 Å². The zero-order valence-corrected chi connectivity index (χ0v) is 27.9. The first-order chi connectivity index (χ1) is 24.4. The van der Waals surface area contributed by atoms with Crippen LogP contribution in [0, 0.1) is 6.92 Å². The summed E-state index contributed by atoms with van der Waals surface area (Å²) in [7, 11) is 3.26. The van der Waals surface area contributed by atoms with Crippen LogP contribution in [0.2, 0.25) is 0 Å². The number of benzene rings is 4. The van der Waals surface area contributed by atoms with Gasteiger partial charge in [-0.2, -0.15) is 0 Å². The van der Waals surface area contributed by atoms with Gasteiger partial charge in [-0.15, -0.1) is 0 Å². The highest BCUT2D eigenvalue weighted by molar-refractivity contribution is 6.06. The Labute approximate surface area is 289 Å². The molecule has 11 heteroatoms. The Balaban J connectivity index is 1.17. The number of aliphatic hydroxyl groups excluding tert-OH is 1. The Morgan fingerprint density at radius 1 is 0.860 bits per heavy atom. The third-order valence-corrected chi connectivity index (χ3v) is 9.06. The summed E-state index contributed by atoms with van der Waals surface area (Å²) in [5.41, 5.74) is 4.01. The van der Waals surface area contributed by atoms with Gasteiger partial charge in [0, 0.05) is 12.0 Å². The zero-order chi connectivity index (χ0) is 34.7. The van der Waals surface area contributed by atoms with E-state index in [4.69, 9.17) is 18.9 Å². The molecular formula is C39H37N5O6. The molecule has 1 aliphatic heterocycles. The summed E-state index contributed by atoms with van der Waals surface area (Å²) in [6, 6.07) is 32.8. The lowest BCUT2D eigenvalue weighted by Crippen LogP contribution is -2.38. The van der Waals surface area contributed by atoms with E-state index in [-0.39, 0.29) is 24.8 Å². The fourth-order valence-corrected chi connectivity index (χ4v) is 6.36. The highest BCUT2D eigenvalue weighted by Crippen LogP contribution is 2.43. The molecule has 50 heavy (non-hydrogen) atoms. The fraction of sp³-hybridized carbons (Fsp3) is 0.231. The van der Waals surface area contributed by atoms with Crippen molar-refractivity contribution >= 4 is 22.9 Å². The van der Waals surface area contributed by atoms with E-state index < -0.39 is 24.0 Å². The minimum atomic E-state index is -1.07. The molecule has 0 spiro atoms. The van der Waals surface area contributed by atoms with Crippen LogP contribution in [0.1, 0.15) is 45.3 Å². The maximum absolute atomic E-state index is 13.0. The Morgan fingerprint density at radius 2 is 1.48 bits per heavy atom. The van der Waals surface area contributed by atoms with Gasteiger partial charge in [-0.3, -0.25) is 9.36 Å². The second kappa shape index (κ2) is 14.1. The second-order valence-corrected chi connectivity index (χ2v) is 12.1. The number of ether oxygens (including phenoxy) is 4. The Hall–Kier alpha value is -5.62. The number of imidazole rings is 1. The minimum Gasteiger partial charge on any atom is -0.497 e. The minimum absolute atomic E-state index is 0.0596. The number of anilines is 1. The van der Waals surface area contributed by atoms with Crippen molar-refractivity contribution in [2.24, 2.45) is 0 Å². The average Bonchev–Trinajstić information content (AvgIpc) is 3.76. The van der Waals surface area contributed by atoms with E-state index in [1.165, 1.54) is 6.33 Å². The molecule has 0 bridgehead atoms. The lowest BCUT2D eigenvalue weighted by molar-refractivity contribution is -0.0931. The number of fused-ring (bicyclic) bond motifs is 1. The number of hydrogen-bond donors (Lipinski definition) is 2. The predicted octanol–water partition coefficient (Wildman–Crippen LogP) is 6.06. The molecule has 7 rings (SSSR count). The van der Waals surface area contributed by atoms with E-state index in [9.17, 15) is 9.90 Å². The van der Waals surface area contributed by atoms with Crippen LogP contribution in [0.25, 0.3) is 11.2 Å². The predicted molar refractivity (Wildman–Crippen MR) is 187 cm³/mol. The first kappa shape index (κ1) is 32.9. The van der Waals surface area contributed by atoms with Crippen LogP contribution in [0.3, 0.4) is 0 Å². The molecule has 0 saturated carbocycles. The third kappa shape index (κ3) is 6.29. The van der Waals surface area contributed by atoms with Gasteiger partial charge in [0.2, 0.25) is 0 Å². The topological polar surface area (TPSA) is 130 Å². The summed E-state index contributed by atoms with van der Waals surface area (Å²) in [6.07, 6.45) is 1.12. The molecule has 0 aliphatic carbocycles. The molecule has 3 unspecified atom stereocenters. The molecule has 1 aliphatic rings. The fourth-order valence-electron chi connectivity index (χ4n) is 6.36. The van der Waals surface area contributed by atoms with Crippen molar-refractivity contribution in [3.8, 4) is 11.5 Å². The number of nitrogens with zero attached hydrogens (tertiary/aromatic N) is 4. The number of nitrogens with one attached hydrogen (secondary N) is 1. The van der Waals surface area contributed by atoms with Gasteiger partial charge in [0.05, 0.1) is 33.3 Å². The van der Waals surface area contributed by atoms with Gasteiger partial charge in [-0.1, -0.05) is 72.3 Å². The van der Waals surface area contributed by atoms with Crippen molar-refractivity contribution in [1.82, 2.24) is 19.5 Å². The van der Waals surface area contributed by atoms with E-state index in [1.807, 2.05) is 97.9 Å². The molecule has 1 fully saturated rings. The van der Waals surface area contributed by atoms with E-state index >= 15 is 0 Å². The summed E-state index contributed by atoms with van der Waals surface area (Å²) >= 11 is 0. The van der Waals surface area contributed by atoms with Crippen LogP contribution < -0.4 is 14.8 Å². The number of aliphatic hydroxyl groups is 1. The molecule has 1 saturated heterocycles. The highest BCUT2D eigenvalue weighted by Gasteiger charge is 2.42. The molecule has 3 atom stereocenters. The average molecular weight is 672 g/mol. The standard InChI is InChI=1S/C39H37N5O6/c1-25-9-11-26(12-10-25)38(46)43-36-35-37(41-23-40-36)44(24-42-35)34-21-32(45)33(50-34)22-49-39(27-7-5-4-6-8-27,28-13-17-30(47-2)18-14-28)29-15-19-31(48-3)20-16-29/h4-20,23-24,32-34,45H,21-22H2,1-3H3,(H,40,41,43,46). The quantitative estimate of drug-likeness (QED) is 0.158. The lowest BCUT2D eigenvalue weighted by atomic mass is 9.80. The molecule has 3 heterocycles. The summed E-state index contributed by atoms with van der Waals surface area (Å²) in [6.45, 7) is 2.02. The molecule has 2 aromatic heterocycles. The van der Waals surface area contributed by atoms with Gasteiger partial charge in [0.25, 0.3) is 5.91 Å². The number of carbonyl (C=O) groups excluding carboxylic acids is 1. The molecule has 11 nitrogen and oxygen atoms in total. The van der Waals surface area contributed by atoms with Crippen LogP contribution in [0.4, 0.5) is 5.82 Å². The zero-order valence-electron chi connectivity index (χ0n) is 27.9. The maximum Gasteiger partial charge on any atom is 0.256 e. The van der Waals surface area contributed by atoms with Gasteiger partial charge in [-0.05, 0) is 60.0 Å². The van der Waals surface area contributed by atoms with Crippen molar-refractivity contribution in [3.63, 3.8) is 0 Å².